The normalized spacial score (nSPS) is 14.5. The Balaban J connectivity index is 1.36. The number of nitrogens with zero attached hydrogens (tertiary/aromatic N) is 4. The molecule has 0 aliphatic carbocycles. The molecule has 0 saturated carbocycles. The number of benzene rings is 2. The molecule has 0 radical (unpaired) electrons. The summed E-state index contributed by atoms with van der Waals surface area (Å²) in [5.41, 5.74) is 6.66. The lowest BCUT2D eigenvalue weighted by Crippen LogP contribution is -2.48. The zero-order valence-electron chi connectivity index (χ0n) is 31.8. The summed E-state index contributed by atoms with van der Waals surface area (Å²) in [6, 6.07) is 9.94. The van der Waals surface area contributed by atoms with Gasteiger partial charge in [0.15, 0.2) is 0 Å². The minimum Gasteiger partial charge on any atom is -0.387 e. The number of hydrogen-bond donors (Lipinski definition) is 4. The number of aromatic nitrogens is 2. The number of amides is 5. The van der Waals surface area contributed by atoms with Gasteiger partial charge in [-0.3, -0.25) is 28.9 Å². The van der Waals surface area contributed by atoms with Crippen LogP contribution in [0.25, 0.3) is 11.3 Å². The molecule has 2 aromatic carbocycles. The van der Waals surface area contributed by atoms with Crippen LogP contribution in [0, 0.1) is 17.0 Å². The number of carbonyl (C=O) groups is 5. The maximum atomic E-state index is 15.0. The summed E-state index contributed by atoms with van der Waals surface area (Å²) in [6.07, 6.45) is 6.81. The molecule has 1 aromatic heterocycles. The predicted octanol–water partition coefficient (Wildman–Crippen LogP) is 3.61. The smallest absolute Gasteiger partial charge is 0.254 e. The van der Waals surface area contributed by atoms with Crippen LogP contribution in [-0.4, -0.2) is 92.3 Å². The maximum Gasteiger partial charge on any atom is 0.254 e. The zero-order valence-corrected chi connectivity index (χ0v) is 31.8. The third-order valence-corrected chi connectivity index (χ3v) is 9.37. The first kappa shape index (κ1) is 42.5. The van der Waals surface area contributed by atoms with Crippen molar-refractivity contribution >= 4 is 29.5 Å². The van der Waals surface area contributed by atoms with Gasteiger partial charge in [-0.25, -0.2) is 13.8 Å². The minimum absolute atomic E-state index is 0.00129. The predicted molar refractivity (Wildman–Crippen MR) is 202 cm³/mol. The lowest BCUT2D eigenvalue weighted by molar-refractivity contribution is -0.144. The van der Waals surface area contributed by atoms with E-state index in [-0.39, 0.29) is 24.2 Å². The van der Waals surface area contributed by atoms with Gasteiger partial charge in [-0.2, -0.15) is 0 Å². The highest BCUT2D eigenvalue weighted by Crippen LogP contribution is 2.39. The van der Waals surface area contributed by atoms with E-state index in [1.165, 1.54) is 11.8 Å². The number of rotatable bonds is 19. The maximum absolute atomic E-state index is 15.0. The highest BCUT2D eigenvalue weighted by molar-refractivity contribution is 6.15. The second-order valence-corrected chi connectivity index (χ2v) is 14.7. The highest BCUT2D eigenvalue weighted by Gasteiger charge is 2.39. The summed E-state index contributed by atoms with van der Waals surface area (Å²) in [5.74, 6) is -3.36. The number of nitrogens with two attached hydrogens (primary N) is 1. The third kappa shape index (κ3) is 11.4. The van der Waals surface area contributed by atoms with E-state index < -0.39 is 71.3 Å². The van der Waals surface area contributed by atoms with Crippen molar-refractivity contribution in [2.24, 2.45) is 11.1 Å². The van der Waals surface area contributed by atoms with Crippen molar-refractivity contribution in [3.63, 3.8) is 0 Å². The molecule has 2 heterocycles. The number of imide groups is 1. The van der Waals surface area contributed by atoms with Crippen LogP contribution in [0.3, 0.4) is 0 Å². The number of imidazole rings is 1. The van der Waals surface area contributed by atoms with Gasteiger partial charge in [0.1, 0.15) is 30.1 Å². The van der Waals surface area contributed by atoms with Crippen molar-refractivity contribution in [1.29, 1.82) is 0 Å². The van der Waals surface area contributed by atoms with Gasteiger partial charge in [-0.15, -0.1) is 0 Å². The summed E-state index contributed by atoms with van der Waals surface area (Å²) in [5, 5.41) is 15.6. The summed E-state index contributed by atoms with van der Waals surface area (Å²) in [4.78, 5) is 69.5. The second kappa shape index (κ2) is 19.4. The number of nitrogens with one attached hydrogen (secondary N) is 2. The fourth-order valence-corrected chi connectivity index (χ4v) is 6.49. The van der Waals surface area contributed by atoms with Crippen LogP contribution >= 0.6 is 0 Å². The second-order valence-electron chi connectivity index (χ2n) is 14.7. The van der Waals surface area contributed by atoms with E-state index in [1.54, 1.807) is 10.8 Å². The van der Waals surface area contributed by atoms with E-state index in [9.17, 15) is 37.9 Å². The Hall–Kier alpha value is -5.28. The highest BCUT2D eigenvalue weighted by atomic mass is 19.1. The van der Waals surface area contributed by atoms with Gasteiger partial charge in [0, 0.05) is 50.1 Å². The molecule has 3 aromatic rings. The Morgan fingerprint density at radius 2 is 1.55 bits per heavy atom. The number of hydrogen-bond acceptors (Lipinski definition) is 8. The number of aliphatic hydroxyl groups is 1. The van der Waals surface area contributed by atoms with E-state index in [0.717, 1.165) is 53.7 Å². The topological polar surface area (TPSA) is 180 Å². The molecule has 13 nitrogen and oxygen atoms in total. The monoisotopic (exact) mass is 763 g/mol. The summed E-state index contributed by atoms with van der Waals surface area (Å²) >= 11 is 0. The molecule has 0 spiro atoms. The van der Waals surface area contributed by atoms with Crippen molar-refractivity contribution < 1.29 is 37.9 Å². The lowest BCUT2D eigenvalue weighted by atomic mass is 9.84. The van der Waals surface area contributed by atoms with Crippen LogP contribution < -0.4 is 16.4 Å². The average molecular weight is 764 g/mol. The van der Waals surface area contributed by atoms with Gasteiger partial charge in [0.05, 0.1) is 17.8 Å². The molecule has 3 atom stereocenters. The number of unbranched alkanes of at least 4 members (excludes halogenated alkanes) is 3. The Bertz CT molecular complexity index is 1840. The van der Waals surface area contributed by atoms with Gasteiger partial charge in [0.25, 0.3) is 11.8 Å². The molecule has 1 aliphatic heterocycles. The molecule has 296 valence electrons. The van der Waals surface area contributed by atoms with E-state index >= 15 is 0 Å². The molecule has 5 amide bonds. The summed E-state index contributed by atoms with van der Waals surface area (Å²) in [6.45, 7) is 7.43. The van der Waals surface area contributed by atoms with E-state index in [0.29, 0.717) is 38.3 Å². The fourth-order valence-electron chi connectivity index (χ4n) is 6.49. The molecule has 5 N–H and O–H groups in total. The van der Waals surface area contributed by atoms with Crippen molar-refractivity contribution in [3.8, 4) is 11.3 Å². The standard InChI is InChI=1S/C40H51F2N7O6/c1-26(49-33(51)16-17-34(49)52)38(54)44-19-10-5-6-11-20-45-39(55)31(43)18-21-48(35(53)25-50)36(40(2,3)4)37-46-32(29-22-28(41)14-15-30(29)42)24-47(37)23-27-12-8-7-9-13-27/h7-9,12-17,22,24,26,31,36,50H,5-6,10-11,18-21,23,25,43H2,1-4H3,(H,44,54)(H,45,55). The molecular weight excluding hydrogens is 712 g/mol. The van der Waals surface area contributed by atoms with E-state index in [1.807, 2.05) is 51.1 Å². The number of halogens is 2. The van der Waals surface area contributed by atoms with Crippen LogP contribution in [-0.2, 0) is 30.5 Å². The fraction of sp³-hybridized carbons (Fsp3) is 0.450. The largest absolute Gasteiger partial charge is 0.387 e. The van der Waals surface area contributed by atoms with Crippen LogP contribution in [0.1, 0.15) is 77.2 Å². The molecule has 3 unspecified atom stereocenters. The first-order valence-corrected chi connectivity index (χ1v) is 18.4. The molecule has 0 saturated heterocycles. The molecule has 4 rings (SSSR count). The third-order valence-electron chi connectivity index (χ3n) is 9.37. The van der Waals surface area contributed by atoms with Gasteiger partial charge >= 0.3 is 0 Å². The lowest BCUT2D eigenvalue weighted by Gasteiger charge is -2.40. The van der Waals surface area contributed by atoms with Crippen molar-refractivity contribution in [1.82, 2.24) is 30.0 Å². The van der Waals surface area contributed by atoms with Crippen molar-refractivity contribution in [2.75, 3.05) is 26.2 Å². The van der Waals surface area contributed by atoms with Crippen LogP contribution in [0.4, 0.5) is 8.78 Å². The molecule has 15 heteroatoms. The average Bonchev–Trinajstić information content (AvgIpc) is 3.71. The van der Waals surface area contributed by atoms with Crippen molar-refractivity contribution in [2.45, 2.75) is 84.5 Å². The van der Waals surface area contributed by atoms with Gasteiger partial charge in [0.2, 0.25) is 17.7 Å². The molecule has 55 heavy (non-hydrogen) atoms. The Labute approximate surface area is 320 Å². The first-order chi connectivity index (χ1) is 26.1. The molecular formula is C40H51F2N7O6. The van der Waals surface area contributed by atoms with E-state index in [4.69, 9.17) is 10.7 Å². The first-order valence-electron chi connectivity index (χ1n) is 18.4. The van der Waals surface area contributed by atoms with Gasteiger partial charge < -0.3 is 30.9 Å². The zero-order chi connectivity index (χ0) is 40.3. The minimum atomic E-state index is -0.975. The van der Waals surface area contributed by atoms with Crippen LogP contribution in [0.5, 0.6) is 0 Å². The van der Waals surface area contributed by atoms with E-state index in [2.05, 4.69) is 10.6 Å². The Morgan fingerprint density at radius 3 is 2.15 bits per heavy atom. The van der Waals surface area contributed by atoms with Gasteiger partial charge in [-0.1, -0.05) is 63.9 Å². The number of aliphatic hydroxyl groups excluding tert-OH is 1. The summed E-state index contributed by atoms with van der Waals surface area (Å²) in [7, 11) is 0. The number of carbonyl (C=O) groups excluding carboxylic acids is 5. The Morgan fingerprint density at radius 1 is 0.927 bits per heavy atom. The molecule has 0 fully saturated rings. The van der Waals surface area contributed by atoms with Crippen molar-refractivity contribution in [3.05, 3.63) is 89.9 Å². The Kier molecular flexibility index (Phi) is 14.9. The van der Waals surface area contributed by atoms with Crippen LogP contribution in [0.15, 0.2) is 66.9 Å². The van der Waals surface area contributed by atoms with Gasteiger partial charge in [-0.05, 0) is 55.4 Å². The van der Waals surface area contributed by atoms with Crippen LogP contribution in [0.2, 0.25) is 0 Å². The summed E-state index contributed by atoms with van der Waals surface area (Å²) < 4.78 is 31.0. The quantitative estimate of drug-likeness (QED) is 0.106. The molecule has 0 bridgehead atoms. The molecule has 1 aliphatic rings. The SMILES string of the molecule is CC(C(=O)NCCCCCCNC(=O)C(N)CCN(C(=O)CO)C(c1nc(-c2cc(F)ccc2F)cn1Cc1ccccc1)C(C)(C)C)N1C(=O)C=CC1=O.